The summed E-state index contributed by atoms with van der Waals surface area (Å²) in [5, 5.41) is 0. The van der Waals surface area contributed by atoms with Crippen molar-refractivity contribution in [3.8, 4) is 0 Å². The van der Waals surface area contributed by atoms with Gasteiger partial charge in [-0.25, -0.2) is 9.18 Å². The maximum atomic E-state index is 15.4. The number of halogens is 1. The van der Waals surface area contributed by atoms with E-state index in [1.54, 1.807) is 20.8 Å². The molecular weight excluding hydrogens is 347 g/mol. The Morgan fingerprint density at radius 3 is 1.60 bits per heavy atom. The van der Waals surface area contributed by atoms with Crippen LogP contribution in [0.3, 0.4) is 0 Å². The van der Waals surface area contributed by atoms with Gasteiger partial charge in [0.25, 0.3) is 0 Å². The van der Waals surface area contributed by atoms with E-state index in [1.165, 1.54) is 0 Å². The summed E-state index contributed by atoms with van der Waals surface area (Å²) in [6.07, 6.45) is 0. The minimum Gasteiger partial charge on any atom is -0.465 e. The van der Waals surface area contributed by atoms with E-state index < -0.39 is 37.2 Å². The highest BCUT2D eigenvalue weighted by Gasteiger charge is 2.51. The molecule has 0 bridgehead atoms. The van der Waals surface area contributed by atoms with Crippen molar-refractivity contribution in [2.45, 2.75) is 53.4 Å². The van der Waals surface area contributed by atoms with Gasteiger partial charge in [0, 0.05) is 8.07 Å². The van der Waals surface area contributed by atoms with Gasteiger partial charge >= 0.3 is 17.9 Å². The minimum absolute atomic E-state index is 0.0378. The largest absolute Gasteiger partial charge is 0.465 e. The second-order valence-electron chi connectivity index (χ2n) is 6.82. The van der Waals surface area contributed by atoms with Gasteiger partial charge in [-0.3, -0.25) is 9.59 Å². The van der Waals surface area contributed by atoms with Gasteiger partial charge in [0.2, 0.25) is 5.41 Å². The van der Waals surface area contributed by atoms with Crippen molar-refractivity contribution in [1.29, 1.82) is 0 Å². The Labute approximate surface area is 149 Å². The first-order valence-electron chi connectivity index (χ1n) is 8.36. The Morgan fingerprint density at radius 1 is 0.880 bits per heavy atom. The SMILES string of the molecule is CCOC(=O)/C(C[Si](C)(C)C)=C(/F)C(C)(C(=O)OCC)C(=O)OCC. The second-order valence-corrected chi connectivity index (χ2v) is 12.3. The summed E-state index contributed by atoms with van der Waals surface area (Å²) in [5.74, 6) is -4.22. The number of rotatable bonds is 9. The van der Waals surface area contributed by atoms with Crippen molar-refractivity contribution >= 4 is 26.0 Å². The molecule has 0 aromatic rings. The molecule has 0 fully saturated rings. The fraction of sp³-hybridized carbons (Fsp3) is 0.706. The fourth-order valence-corrected chi connectivity index (χ4v) is 3.46. The number of esters is 3. The third-order valence-electron chi connectivity index (χ3n) is 3.30. The van der Waals surface area contributed by atoms with Crippen LogP contribution in [-0.4, -0.2) is 45.8 Å². The molecule has 0 atom stereocenters. The molecule has 0 rings (SSSR count). The van der Waals surface area contributed by atoms with E-state index in [0.717, 1.165) is 6.92 Å². The van der Waals surface area contributed by atoms with Crippen LogP contribution >= 0.6 is 0 Å². The summed E-state index contributed by atoms with van der Waals surface area (Å²) in [6, 6.07) is 0.117. The molecule has 0 N–H and O–H groups in total. The molecule has 0 aliphatic carbocycles. The highest BCUT2D eigenvalue weighted by Crippen LogP contribution is 2.37. The van der Waals surface area contributed by atoms with Crippen LogP contribution in [0.4, 0.5) is 4.39 Å². The molecule has 6 nitrogen and oxygen atoms in total. The molecule has 0 amide bonds. The Morgan fingerprint density at radius 2 is 1.28 bits per heavy atom. The van der Waals surface area contributed by atoms with Gasteiger partial charge in [-0.15, -0.1) is 0 Å². The van der Waals surface area contributed by atoms with Crippen molar-refractivity contribution in [3.63, 3.8) is 0 Å². The van der Waals surface area contributed by atoms with E-state index in [0.29, 0.717) is 0 Å². The second kappa shape index (κ2) is 9.70. The zero-order valence-electron chi connectivity index (χ0n) is 16.2. The predicted octanol–water partition coefficient (Wildman–Crippen LogP) is 3.24. The van der Waals surface area contributed by atoms with Crippen molar-refractivity contribution in [2.24, 2.45) is 5.41 Å². The topological polar surface area (TPSA) is 78.9 Å². The Bertz CT molecular complexity index is 518. The number of ether oxygens (including phenoxy) is 3. The zero-order valence-corrected chi connectivity index (χ0v) is 17.2. The quantitative estimate of drug-likeness (QED) is 0.202. The maximum absolute atomic E-state index is 15.4. The lowest BCUT2D eigenvalue weighted by atomic mass is 9.86. The van der Waals surface area contributed by atoms with Crippen LogP contribution in [-0.2, 0) is 28.6 Å². The highest BCUT2D eigenvalue weighted by atomic mass is 28.3. The summed E-state index contributed by atoms with van der Waals surface area (Å²) in [4.78, 5) is 36.9. The lowest BCUT2D eigenvalue weighted by molar-refractivity contribution is -0.168. The first-order chi connectivity index (χ1) is 11.4. The van der Waals surface area contributed by atoms with Crippen molar-refractivity contribution in [2.75, 3.05) is 19.8 Å². The molecular formula is C17H29FO6Si. The van der Waals surface area contributed by atoms with Crippen LogP contribution < -0.4 is 0 Å². The van der Waals surface area contributed by atoms with Gasteiger partial charge in [0.05, 0.1) is 25.4 Å². The van der Waals surface area contributed by atoms with E-state index in [9.17, 15) is 14.4 Å². The average molecular weight is 376 g/mol. The molecule has 8 heteroatoms. The van der Waals surface area contributed by atoms with Gasteiger partial charge in [-0.1, -0.05) is 19.6 Å². The molecule has 0 spiro atoms. The van der Waals surface area contributed by atoms with E-state index >= 15 is 4.39 Å². The number of carbonyl (C=O) groups excluding carboxylic acids is 3. The standard InChI is InChI=1S/C17H29FO6Si/c1-8-22-14(19)12(11-25(5,6)7)13(18)17(4,15(20)23-9-2)16(21)24-10-3/h8-11H2,1-7H3/b13-12+. The van der Waals surface area contributed by atoms with Gasteiger partial charge in [0.1, 0.15) is 5.83 Å². The van der Waals surface area contributed by atoms with Crippen molar-refractivity contribution in [3.05, 3.63) is 11.4 Å². The molecule has 0 aliphatic heterocycles. The van der Waals surface area contributed by atoms with Crippen molar-refractivity contribution < 1.29 is 33.0 Å². The van der Waals surface area contributed by atoms with E-state index in [2.05, 4.69) is 0 Å². The third kappa shape index (κ3) is 6.26. The summed E-state index contributed by atoms with van der Waals surface area (Å²) >= 11 is 0. The lowest BCUT2D eigenvalue weighted by Gasteiger charge is -2.26. The molecule has 144 valence electrons. The smallest absolute Gasteiger partial charge is 0.336 e. The van der Waals surface area contributed by atoms with E-state index in [1.807, 2.05) is 19.6 Å². The van der Waals surface area contributed by atoms with E-state index in [4.69, 9.17) is 14.2 Å². The van der Waals surface area contributed by atoms with E-state index in [-0.39, 0.29) is 31.4 Å². The van der Waals surface area contributed by atoms with Crippen LogP contribution in [0.15, 0.2) is 11.4 Å². The molecule has 25 heavy (non-hydrogen) atoms. The Kier molecular flexibility index (Phi) is 9.03. The highest BCUT2D eigenvalue weighted by molar-refractivity contribution is 6.77. The van der Waals surface area contributed by atoms with Gasteiger partial charge < -0.3 is 14.2 Å². The maximum Gasteiger partial charge on any atom is 0.336 e. The van der Waals surface area contributed by atoms with Crippen molar-refractivity contribution in [1.82, 2.24) is 0 Å². The zero-order chi connectivity index (χ0) is 19.8. The number of hydrogen-bond acceptors (Lipinski definition) is 6. The molecule has 0 aromatic carbocycles. The molecule has 0 heterocycles. The lowest BCUT2D eigenvalue weighted by Crippen LogP contribution is -2.42. The average Bonchev–Trinajstić information content (AvgIpc) is 2.50. The Balaban J connectivity index is 6.35. The van der Waals surface area contributed by atoms with Gasteiger partial charge in [-0.05, 0) is 33.7 Å². The van der Waals surface area contributed by atoms with Crippen LogP contribution in [0.25, 0.3) is 0 Å². The van der Waals surface area contributed by atoms with Crippen LogP contribution in [0.5, 0.6) is 0 Å². The summed E-state index contributed by atoms with van der Waals surface area (Å²) in [7, 11) is -1.96. The molecule has 0 unspecified atom stereocenters. The Hall–Kier alpha value is -1.70. The number of carbonyl (C=O) groups is 3. The summed E-state index contributed by atoms with van der Waals surface area (Å²) < 4.78 is 30.0. The predicted molar refractivity (Wildman–Crippen MR) is 94.3 cm³/mol. The first-order valence-corrected chi connectivity index (χ1v) is 12.1. The number of hydrogen-bond donors (Lipinski definition) is 0. The molecule has 0 saturated carbocycles. The van der Waals surface area contributed by atoms with Gasteiger partial charge in [0.15, 0.2) is 0 Å². The summed E-state index contributed by atoms with van der Waals surface area (Å²) in [6.45, 7) is 11.5. The molecule has 0 saturated heterocycles. The van der Waals surface area contributed by atoms with Crippen LogP contribution in [0.2, 0.25) is 25.7 Å². The first kappa shape index (κ1) is 23.3. The normalized spacial score (nSPS) is 13.0. The van der Waals surface area contributed by atoms with Gasteiger partial charge in [-0.2, -0.15) is 0 Å². The minimum atomic E-state index is -2.34. The van der Waals surface area contributed by atoms with Crippen LogP contribution in [0.1, 0.15) is 27.7 Å². The molecule has 0 aromatic heterocycles. The third-order valence-corrected chi connectivity index (χ3v) is 4.71. The fourth-order valence-electron chi connectivity index (χ4n) is 2.10. The monoisotopic (exact) mass is 376 g/mol. The van der Waals surface area contributed by atoms with Crippen LogP contribution in [0, 0.1) is 5.41 Å². The molecule has 0 radical (unpaired) electrons. The molecule has 0 aliphatic rings. The summed E-state index contributed by atoms with van der Waals surface area (Å²) in [5.41, 5.74) is -2.64.